The molecular formula is C27H28N4O2. The van der Waals surface area contributed by atoms with E-state index in [9.17, 15) is 0 Å². The smallest absolute Gasteiger partial charge is 0.141 e. The van der Waals surface area contributed by atoms with Gasteiger partial charge < -0.3 is 13.8 Å². The Morgan fingerprint density at radius 2 is 1.79 bits per heavy atom. The van der Waals surface area contributed by atoms with E-state index in [0.717, 1.165) is 62.6 Å². The molecule has 0 atom stereocenters. The maximum absolute atomic E-state index is 5.84. The number of aryl methyl sites for hydroxylation is 2. The summed E-state index contributed by atoms with van der Waals surface area (Å²) in [5.74, 6) is 2.55. The van der Waals surface area contributed by atoms with Crippen molar-refractivity contribution in [3.8, 4) is 16.9 Å². The molecule has 0 amide bonds. The van der Waals surface area contributed by atoms with Gasteiger partial charge in [0.05, 0.1) is 35.6 Å². The molecule has 5 aromatic rings. The van der Waals surface area contributed by atoms with E-state index in [2.05, 4.69) is 66.9 Å². The highest BCUT2D eigenvalue weighted by molar-refractivity contribution is 6.05. The summed E-state index contributed by atoms with van der Waals surface area (Å²) >= 11 is 0. The van der Waals surface area contributed by atoms with Gasteiger partial charge in [0, 0.05) is 22.9 Å². The minimum Gasteiger partial charge on any atom is -0.496 e. The molecule has 168 valence electrons. The highest BCUT2D eigenvalue weighted by Crippen LogP contribution is 2.39. The van der Waals surface area contributed by atoms with E-state index in [0.29, 0.717) is 0 Å². The lowest BCUT2D eigenvalue weighted by molar-refractivity contribution is 0.393. The summed E-state index contributed by atoms with van der Waals surface area (Å²) in [6.07, 6.45) is 1.87. The first-order chi connectivity index (χ1) is 15.8. The zero-order valence-electron chi connectivity index (χ0n) is 19.9. The zero-order valence-corrected chi connectivity index (χ0v) is 19.9. The van der Waals surface area contributed by atoms with E-state index in [1.54, 1.807) is 7.11 Å². The van der Waals surface area contributed by atoms with Gasteiger partial charge in [0.25, 0.3) is 0 Å². The molecule has 5 rings (SSSR count). The van der Waals surface area contributed by atoms with E-state index in [1.165, 1.54) is 5.56 Å². The SMILES string of the molecule is COc1cc2c(cc1-c1c(C)noc1C)ncc1nc(C(C)(C)C)n(Cc3ccccc3)c12. The number of methoxy groups -OCH3 is 1. The van der Waals surface area contributed by atoms with Gasteiger partial charge in [0.1, 0.15) is 22.9 Å². The van der Waals surface area contributed by atoms with Crippen LogP contribution in [0.25, 0.3) is 33.1 Å². The van der Waals surface area contributed by atoms with E-state index < -0.39 is 0 Å². The molecule has 0 unspecified atom stereocenters. The first kappa shape index (κ1) is 21.2. The molecule has 0 saturated heterocycles. The summed E-state index contributed by atoms with van der Waals surface area (Å²) in [5.41, 5.74) is 6.64. The second-order valence-electron chi connectivity index (χ2n) is 9.52. The largest absolute Gasteiger partial charge is 0.496 e. The lowest BCUT2D eigenvalue weighted by atomic mass is 9.95. The highest BCUT2D eigenvalue weighted by Gasteiger charge is 2.25. The molecule has 0 radical (unpaired) electrons. The van der Waals surface area contributed by atoms with Crippen molar-refractivity contribution in [3.63, 3.8) is 0 Å². The number of imidazole rings is 1. The van der Waals surface area contributed by atoms with Crippen molar-refractivity contribution in [2.45, 2.75) is 46.6 Å². The summed E-state index contributed by atoms with van der Waals surface area (Å²) in [5, 5.41) is 5.14. The maximum atomic E-state index is 5.84. The number of hydrogen-bond donors (Lipinski definition) is 0. The van der Waals surface area contributed by atoms with E-state index in [4.69, 9.17) is 19.2 Å². The molecule has 3 heterocycles. The normalized spacial score (nSPS) is 12.1. The summed E-state index contributed by atoms with van der Waals surface area (Å²) < 4.78 is 13.6. The zero-order chi connectivity index (χ0) is 23.3. The standard InChI is InChI=1S/C27H28N4O2/c1-16-24(17(2)33-30-16)20-12-21-19(13-23(20)32-6)25-22(14-28-21)29-26(27(3,4)5)31(25)15-18-10-8-7-9-11-18/h7-14H,15H2,1-6H3. The van der Waals surface area contributed by atoms with Crippen molar-refractivity contribution in [2.24, 2.45) is 0 Å². The molecule has 6 heteroatoms. The van der Waals surface area contributed by atoms with Crippen molar-refractivity contribution < 1.29 is 9.26 Å². The molecule has 3 aromatic heterocycles. The molecule has 0 aliphatic carbocycles. The number of rotatable bonds is 4. The summed E-state index contributed by atoms with van der Waals surface area (Å²) in [6, 6.07) is 14.6. The topological polar surface area (TPSA) is 66.0 Å². The second-order valence-corrected chi connectivity index (χ2v) is 9.52. The van der Waals surface area contributed by atoms with Crippen LogP contribution in [-0.4, -0.2) is 26.8 Å². The predicted molar refractivity (Wildman–Crippen MR) is 131 cm³/mol. The van der Waals surface area contributed by atoms with Gasteiger partial charge in [0.2, 0.25) is 0 Å². The first-order valence-electron chi connectivity index (χ1n) is 11.1. The van der Waals surface area contributed by atoms with Crippen molar-refractivity contribution in [1.29, 1.82) is 0 Å². The van der Waals surface area contributed by atoms with Crippen LogP contribution in [0.4, 0.5) is 0 Å². The quantitative estimate of drug-likeness (QED) is 0.332. The Morgan fingerprint density at radius 1 is 1.03 bits per heavy atom. The van der Waals surface area contributed by atoms with Gasteiger partial charge in [-0.15, -0.1) is 0 Å². The van der Waals surface area contributed by atoms with Crippen LogP contribution in [0.15, 0.2) is 53.2 Å². The van der Waals surface area contributed by atoms with Crippen molar-refractivity contribution in [2.75, 3.05) is 7.11 Å². The van der Waals surface area contributed by atoms with Crippen LogP contribution >= 0.6 is 0 Å². The highest BCUT2D eigenvalue weighted by atomic mass is 16.5. The lowest BCUT2D eigenvalue weighted by Gasteiger charge is -2.20. The van der Waals surface area contributed by atoms with Crippen LogP contribution in [0.1, 0.15) is 43.6 Å². The number of fused-ring (bicyclic) bond motifs is 3. The van der Waals surface area contributed by atoms with E-state index in [1.807, 2.05) is 26.1 Å². The van der Waals surface area contributed by atoms with Crippen LogP contribution in [0, 0.1) is 13.8 Å². The van der Waals surface area contributed by atoms with Gasteiger partial charge in [-0.05, 0) is 31.5 Å². The molecule has 0 aliphatic rings. The monoisotopic (exact) mass is 440 g/mol. The van der Waals surface area contributed by atoms with Crippen molar-refractivity contribution >= 4 is 21.9 Å². The Labute approximate surface area is 193 Å². The maximum Gasteiger partial charge on any atom is 0.141 e. The molecule has 0 bridgehead atoms. The average molecular weight is 441 g/mol. The van der Waals surface area contributed by atoms with Gasteiger partial charge in [-0.2, -0.15) is 0 Å². The van der Waals surface area contributed by atoms with Gasteiger partial charge in [-0.1, -0.05) is 56.3 Å². The first-order valence-corrected chi connectivity index (χ1v) is 11.1. The number of pyridine rings is 1. The van der Waals surface area contributed by atoms with Crippen molar-refractivity contribution in [3.05, 3.63) is 71.5 Å². The number of aromatic nitrogens is 4. The lowest BCUT2D eigenvalue weighted by Crippen LogP contribution is -2.19. The number of benzene rings is 2. The van der Waals surface area contributed by atoms with Gasteiger partial charge in [0.15, 0.2) is 0 Å². The molecule has 0 saturated carbocycles. The van der Waals surface area contributed by atoms with Crippen LogP contribution in [-0.2, 0) is 12.0 Å². The van der Waals surface area contributed by atoms with Crippen LogP contribution < -0.4 is 4.74 Å². The van der Waals surface area contributed by atoms with E-state index in [-0.39, 0.29) is 5.41 Å². The summed E-state index contributed by atoms with van der Waals surface area (Å²) in [7, 11) is 1.69. The van der Waals surface area contributed by atoms with E-state index >= 15 is 0 Å². The average Bonchev–Trinajstić information content (AvgIpc) is 3.33. The van der Waals surface area contributed by atoms with Crippen molar-refractivity contribution in [1.82, 2.24) is 19.7 Å². The molecular weight excluding hydrogens is 412 g/mol. The number of hydrogen-bond acceptors (Lipinski definition) is 5. The Kier molecular flexibility index (Phi) is 4.96. The Hall–Kier alpha value is -3.67. The fourth-order valence-electron chi connectivity index (χ4n) is 4.56. The molecule has 0 fully saturated rings. The Morgan fingerprint density at radius 3 is 2.42 bits per heavy atom. The minimum atomic E-state index is -0.124. The molecule has 0 spiro atoms. The van der Waals surface area contributed by atoms with Gasteiger partial charge in [-0.25, -0.2) is 4.98 Å². The molecule has 0 N–H and O–H groups in total. The third-order valence-electron chi connectivity index (χ3n) is 6.05. The molecule has 0 aliphatic heterocycles. The van der Waals surface area contributed by atoms with Crippen LogP contribution in [0.2, 0.25) is 0 Å². The fourth-order valence-corrected chi connectivity index (χ4v) is 4.56. The fraction of sp³-hybridized carbons (Fsp3) is 0.296. The second kappa shape index (κ2) is 7.73. The Balaban J connectivity index is 1.82. The summed E-state index contributed by atoms with van der Waals surface area (Å²) in [4.78, 5) is 9.80. The molecule has 6 nitrogen and oxygen atoms in total. The Bertz CT molecular complexity index is 1450. The molecule has 33 heavy (non-hydrogen) atoms. The summed E-state index contributed by atoms with van der Waals surface area (Å²) in [6.45, 7) is 11.2. The third-order valence-corrected chi connectivity index (χ3v) is 6.05. The number of nitrogens with zero attached hydrogens (tertiary/aromatic N) is 4. The minimum absolute atomic E-state index is 0.124. The van der Waals surface area contributed by atoms with Crippen LogP contribution in [0.3, 0.4) is 0 Å². The van der Waals surface area contributed by atoms with Crippen LogP contribution in [0.5, 0.6) is 5.75 Å². The molecule has 2 aromatic carbocycles. The predicted octanol–water partition coefficient (Wildman–Crippen LogP) is 6.21. The van der Waals surface area contributed by atoms with Gasteiger partial charge in [-0.3, -0.25) is 4.98 Å². The number of ether oxygens (including phenoxy) is 1. The van der Waals surface area contributed by atoms with Gasteiger partial charge >= 0.3 is 0 Å². The third kappa shape index (κ3) is 3.55.